The maximum atomic E-state index is 8.62. The zero-order valence-electron chi connectivity index (χ0n) is 8.72. The van der Waals surface area contributed by atoms with Crippen LogP contribution < -0.4 is 0 Å². The molecule has 1 aromatic rings. The summed E-state index contributed by atoms with van der Waals surface area (Å²) >= 11 is 0. The highest BCUT2D eigenvalue weighted by Crippen LogP contribution is 2.00. The minimum atomic E-state index is 0.306. The fourth-order valence-corrected chi connectivity index (χ4v) is 1.27. The molecule has 1 rings (SSSR count). The van der Waals surface area contributed by atoms with Gasteiger partial charge in [-0.1, -0.05) is 5.92 Å². The highest BCUT2D eigenvalue weighted by molar-refractivity contribution is 4.94. The van der Waals surface area contributed by atoms with Crippen LogP contribution >= 0.6 is 0 Å². The summed E-state index contributed by atoms with van der Waals surface area (Å²) in [6, 6.07) is 2.08. The first kappa shape index (κ1) is 11.2. The van der Waals surface area contributed by atoms with Crippen molar-refractivity contribution in [1.82, 2.24) is 19.7 Å². The molecule has 0 spiro atoms. The lowest BCUT2D eigenvalue weighted by Crippen LogP contribution is -2.26. The number of aryl methyl sites for hydroxylation is 1. The Morgan fingerprint density at radius 2 is 2.40 bits per heavy atom. The fraction of sp³-hybridized carbons (Fsp3) is 0.500. The number of hydrogen-bond donors (Lipinski definition) is 0. The molecule has 0 saturated heterocycles. The molecule has 0 amide bonds. The Kier molecular flexibility index (Phi) is 4.33. The van der Waals surface area contributed by atoms with Crippen molar-refractivity contribution in [2.75, 3.05) is 13.1 Å². The molecule has 0 N–H and O–H groups in total. The Balaban J connectivity index is 2.66. The number of nitriles is 1. The summed E-state index contributed by atoms with van der Waals surface area (Å²) in [6.45, 7) is 4.08. The summed E-state index contributed by atoms with van der Waals surface area (Å²) in [5.41, 5.74) is 0. The molecule has 0 unspecified atom stereocenters. The van der Waals surface area contributed by atoms with E-state index < -0.39 is 0 Å². The highest BCUT2D eigenvalue weighted by atomic mass is 15.3. The van der Waals surface area contributed by atoms with E-state index in [4.69, 9.17) is 11.7 Å². The number of nitrogens with zero attached hydrogens (tertiary/aromatic N) is 5. The number of hydrogen-bond acceptors (Lipinski definition) is 4. The van der Waals surface area contributed by atoms with Crippen molar-refractivity contribution in [3.05, 3.63) is 12.2 Å². The molecular weight excluding hydrogens is 190 g/mol. The average Bonchev–Trinajstić information content (AvgIpc) is 2.66. The van der Waals surface area contributed by atoms with Crippen LogP contribution in [0.15, 0.2) is 6.33 Å². The van der Waals surface area contributed by atoms with Crippen molar-refractivity contribution in [1.29, 1.82) is 5.26 Å². The first-order chi connectivity index (χ1) is 7.31. The van der Waals surface area contributed by atoms with Crippen LogP contribution in [-0.4, -0.2) is 32.8 Å². The molecule has 15 heavy (non-hydrogen) atoms. The molecule has 1 aromatic heterocycles. The van der Waals surface area contributed by atoms with Crippen molar-refractivity contribution in [3.63, 3.8) is 0 Å². The van der Waals surface area contributed by atoms with Crippen LogP contribution in [0.5, 0.6) is 0 Å². The maximum absolute atomic E-state index is 8.62. The SMILES string of the molecule is C#CCN(CC#N)Cc1ncnn1CC. The molecule has 0 aliphatic heterocycles. The minimum absolute atomic E-state index is 0.306. The summed E-state index contributed by atoms with van der Waals surface area (Å²) in [7, 11) is 0. The Morgan fingerprint density at radius 3 is 3.00 bits per heavy atom. The summed E-state index contributed by atoms with van der Waals surface area (Å²) in [5.74, 6) is 3.36. The van der Waals surface area contributed by atoms with Gasteiger partial charge in [0.15, 0.2) is 0 Å². The van der Waals surface area contributed by atoms with Crippen molar-refractivity contribution >= 4 is 0 Å². The number of rotatable bonds is 5. The molecule has 5 heteroatoms. The molecule has 0 bridgehead atoms. The Labute approximate surface area is 89.3 Å². The van der Waals surface area contributed by atoms with Crippen LogP contribution in [0.1, 0.15) is 12.7 Å². The van der Waals surface area contributed by atoms with Gasteiger partial charge in [0.05, 0.1) is 25.7 Å². The van der Waals surface area contributed by atoms with Crippen molar-refractivity contribution < 1.29 is 0 Å². The summed E-state index contributed by atoms with van der Waals surface area (Å²) in [5, 5.41) is 12.7. The van der Waals surface area contributed by atoms with Gasteiger partial charge in [-0.25, -0.2) is 9.67 Å². The standard InChI is InChI=1S/C10H13N5/c1-3-6-14(7-5-11)8-10-12-9-13-15(10)4-2/h1,9H,4,6-8H2,2H3. The third kappa shape index (κ3) is 3.08. The lowest BCUT2D eigenvalue weighted by Gasteiger charge is -2.15. The van der Waals surface area contributed by atoms with Gasteiger partial charge in [-0.2, -0.15) is 10.4 Å². The van der Waals surface area contributed by atoms with E-state index in [1.807, 2.05) is 11.8 Å². The quantitative estimate of drug-likeness (QED) is 0.508. The minimum Gasteiger partial charge on any atom is -0.272 e. The van der Waals surface area contributed by atoms with Crippen LogP contribution in [0.3, 0.4) is 0 Å². The van der Waals surface area contributed by atoms with Crippen molar-refractivity contribution in [3.8, 4) is 18.4 Å². The van der Waals surface area contributed by atoms with Gasteiger partial charge >= 0.3 is 0 Å². The van der Waals surface area contributed by atoms with Crippen LogP contribution in [0.2, 0.25) is 0 Å². The normalized spacial score (nSPS) is 9.87. The zero-order valence-corrected chi connectivity index (χ0v) is 8.72. The molecule has 0 radical (unpaired) electrons. The number of aromatic nitrogens is 3. The van der Waals surface area contributed by atoms with Crippen LogP contribution in [0.4, 0.5) is 0 Å². The average molecular weight is 203 g/mol. The molecule has 1 heterocycles. The van der Waals surface area contributed by atoms with Gasteiger partial charge in [0.1, 0.15) is 12.2 Å². The van der Waals surface area contributed by atoms with E-state index in [0.717, 1.165) is 12.4 Å². The van der Waals surface area contributed by atoms with Gasteiger partial charge in [0.25, 0.3) is 0 Å². The van der Waals surface area contributed by atoms with E-state index in [2.05, 4.69) is 22.1 Å². The molecule has 0 atom stereocenters. The molecule has 0 aliphatic carbocycles. The highest BCUT2D eigenvalue weighted by Gasteiger charge is 2.08. The predicted octanol–water partition coefficient (Wildman–Crippen LogP) is 0.257. The van der Waals surface area contributed by atoms with E-state index in [1.54, 1.807) is 4.68 Å². The van der Waals surface area contributed by atoms with Crippen molar-refractivity contribution in [2.45, 2.75) is 20.0 Å². The van der Waals surface area contributed by atoms with Gasteiger partial charge < -0.3 is 0 Å². The third-order valence-corrected chi connectivity index (χ3v) is 1.97. The van der Waals surface area contributed by atoms with E-state index in [9.17, 15) is 0 Å². The van der Waals surface area contributed by atoms with E-state index in [-0.39, 0.29) is 0 Å². The molecule has 0 saturated carbocycles. The van der Waals surface area contributed by atoms with E-state index in [1.165, 1.54) is 6.33 Å². The monoisotopic (exact) mass is 203 g/mol. The topological polar surface area (TPSA) is 57.7 Å². The first-order valence-electron chi connectivity index (χ1n) is 4.71. The lowest BCUT2D eigenvalue weighted by atomic mass is 10.4. The Bertz CT molecular complexity index is 365. The number of terminal acetylenes is 1. The second-order valence-electron chi connectivity index (χ2n) is 3.00. The fourth-order valence-electron chi connectivity index (χ4n) is 1.27. The second kappa shape index (κ2) is 5.79. The molecule has 0 fully saturated rings. The Morgan fingerprint density at radius 1 is 1.60 bits per heavy atom. The summed E-state index contributed by atoms with van der Waals surface area (Å²) in [6.07, 6.45) is 6.73. The lowest BCUT2D eigenvalue weighted by molar-refractivity contribution is 0.318. The molecule has 78 valence electrons. The zero-order chi connectivity index (χ0) is 11.1. The van der Waals surface area contributed by atoms with Crippen LogP contribution in [-0.2, 0) is 13.1 Å². The largest absolute Gasteiger partial charge is 0.272 e. The van der Waals surface area contributed by atoms with Crippen LogP contribution in [0.25, 0.3) is 0 Å². The molecule has 0 aliphatic rings. The van der Waals surface area contributed by atoms with Gasteiger partial charge in [-0.15, -0.1) is 6.42 Å². The summed E-state index contributed by atoms with van der Waals surface area (Å²) in [4.78, 5) is 5.97. The van der Waals surface area contributed by atoms with E-state index >= 15 is 0 Å². The summed E-state index contributed by atoms with van der Waals surface area (Å²) < 4.78 is 1.79. The first-order valence-corrected chi connectivity index (χ1v) is 4.71. The van der Waals surface area contributed by atoms with Gasteiger partial charge in [0, 0.05) is 6.54 Å². The van der Waals surface area contributed by atoms with Gasteiger partial charge in [-0.05, 0) is 6.92 Å². The van der Waals surface area contributed by atoms with Crippen LogP contribution in [0, 0.1) is 23.7 Å². The third-order valence-electron chi connectivity index (χ3n) is 1.97. The van der Waals surface area contributed by atoms with E-state index in [0.29, 0.717) is 19.6 Å². The second-order valence-corrected chi connectivity index (χ2v) is 3.00. The Hall–Kier alpha value is -1.85. The molecular formula is C10H13N5. The molecule has 5 nitrogen and oxygen atoms in total. The predicted molar refractivity (Wildman–Crippen MR) is 55.4 cm³/mol. The van der Waals surface area contributed by atoms with Crippen molar-refractivity contribution in [2.24, 2.45) is 0 Å². The maximum Gasteiger partial charge on any atom is 0.141 e. The smallest absolute Gasteiger partial charge is 0.141 e. The van der Waals surface area contributed by atoms with Gasteiger partial charge in [0.2, 0.25) is 0 Å². The van der Waals surface area contributed by atoms with Gasteiger partial charge in [-0.3, -0.25) is 4.90 Å². The molecule has 0 aromatic carbocycles.